The fourth-order valence-corrected chi connectivity index (χ4v) is 1.90. The average molecular weight is 320 g/mol. The van der Waals surface area contributed by atoms with Gasteiger partial charge in [0.25, 0.3) is 5.91 Å². The molecule has 1 amide bonds. The van der Waals surface area contributed by atoms with Gasteiger partial charge in [-0.1, -0.05) is 35.0 Å². The molecule has 2 rings (SSSR count). The Bertz CT molecular complexity index is 573. The van der Waals surface area contributed by atoms with E-state index in [0.717, 1.165) is 22.2 Å². The third-order valence-electron chi connectivity index (χ3n) is 2.65. The van der Waals surface area contributed by atoms with Crippen LogP contribution in [-0.2, 0) is 0 Å². The van der Waals surface area contributed by atoms with Gasteiger partial charge in [-0.05, 0) is 36.2 Å². The van der Waals surface area contributed by atoms with Gasteiger partial charge in [0.2, 0.25) is 0 Å². The first-order chi connectivity index (χ1) is 9.20. The number of benzene rings is 1. The number of hydrogen-bond acceptors (Lipinski definition) is 2. The van der Waals surface area contributed by atoms with Crippen LogP contribution in [0.5, 0.6) is 0 Å². The molecule has 4 nitrogen and oxygen atoms in total. The first-order valence-corrected chi connectivity index (χ1v) is 6.76. The van der Waals surface area contributed by atoms with Crippen molar-refractivity contribution in [3.05, 3.63) is 58.3 Å². The summed E-state index contributed by atoms with van der Waals surface area (Å²) in [7, 11) is 0. The lowest BCUT2D eigenvalue weighted by atomic mass is 10.1. The van der Waals surface area contributed by atoms with E-state index < -0.39 is 0 Å². The molecule has 0 aliphatic rings. The van der Waals surface area contributed by atoms with E-state index in [1.54, 1.807) is 18.3 Å². The Kier molecular flexibility index (Phi) is 4.52. The Hall–Kier alpha value is -1.88. The molecule has 0 fully saturated rings. The van der Waals surface area contributed by atoms with Gasteiger partial charge < -0.3 is 4.98 Å². The number of aromatic amines is 1. The number of nitrogens with zero attached hydrogens (tertiary/aromatic N) is 1. The lowest BCUT2D eigenvalue weighted by Crippen LogP contribution is -2.20. The van der Waals surface area contributed by atoms with Gasteiger partial charge in [0, 0.05) is 10.7 Å². The number of amides is 1. The van der Waals surface area contributed by atoms with Crippen molar-refractivity contribution in [3.63, 3.8) is 0 Å². The van der Waals surface area contributed by atoms with Crippen LogP contribution in [0.25, 0.3) is 0 Å². The highest BCUT2D eigenvalue weighted by atomic mass is 79.9. The second kappa shape index (κ2) is 6.33. The van der Waals surface area contributed by atoms with Gasteiger partial charge in [0.05, 0.1) is 5.71 Å². The Morgan fingerprint density at radius 1 is 1.32 bits per heavy atom. The minimum atomic E-state index is -0.243. The molecule has 0 unspecified atom stereocenters. The van der Waals surface area contributed by atoms with Crippen molar-refractivity contribution in [3.8, 4) is 0 Å². The van der Waals surface area contributed by atoms with E-state index in [1.165, 1.54) is 0 Å². The standard InChI is InChI=1S/C14H14BrN3O/c1-2-12(10-5-7-11(15)8-6-10)17-18-14(19)13-4-3-9-16-13/h3-9,16H,2H2,1H3,(H,18,19)/b17-12-. The van der Waals surface area contributed by atoms with Crippen LogP contribution in [0.2, 0.25) is 0 Å². The van der Waals surface area contributed by atoms with E-state index in [2.05, 4.69) is 31.4 Å². The molecule has 2 aromatic rings. The Morgan fingerprint density at radius 3 is 2.63 bits per heavy atom. The number of H-pyrrole nitrogens is 1. The number of nitrogens with one attached hydrogen (secondary N) is 2. The minimum Gasteiger partial charge on any atom is -0.357 e. The van der Waals surface area contributed by atoms with Crippen LogP contribution in [0.3, 0.4) is 0 Å². The summed E-state index contributed by atoms with van der Waals surface area (Å²) in [6.07, 6.45) is 2.45. The van der Waals surface area contributed by atoms with Crippen molar-refractivity contribution < 1.29 is 4.79 Å². The Balaban J connectivity index is 2.11. The third-order valence-corrected chi connectivity index (χ3v) is 3.18. The summed E-state index contributed by atoms with van der Waals surface area (Å²) in [4.78, 5) is 14.6. The number of rotatable bonds is 4. The number of halogens is 1. The Labute approximate surface area is 120 Å². The summed E-state index contributed by atoms with van der Waals surface area (Å²) >= 11 is 3.39. The van der Waals surface area contributed by atoms with Crippen LogP contribution in [-0.4, -0.2) is 16.6 Å². The van der Waals surface area contributed by atoms with Gasteiger partial charge in [-0.3, -0.25) is 4.79 Å². The molecule has 0 aliphatic heterocycles. The van der Waals surface area contributed by atoms with Crippen LogP contribution in [0.15, 0.2) is 52.2 Å². The minimum absolute atomic E-state index is 0.243. The van der Waals surface area contributed by atoms with E-state index in [9.17, 15) is 4.79 Å². The normalized spacial score (nSPS) is 11.4. The van der Waals surface area contributed by atoms with Crippen LogP contribution in [0.1, 0.15) is 29.4 Å². The van der Waals surface area contributed by atoms with Crippen molar-refractivity contribution in [2.24, 2.45) is 5.10 Å². The summed E-state index contributed by atoms with van der Waals surface area (Å²) < 4.78 is 1.02. The van der Waals surface area contributed by atoms with Gasteiger partial charge in [0.15, 0.2) is 0 Å². The summed E-state index contributed by atoms with van der Waals surface area (Å²) in [5, 5.41) is 4.18. The Morgan fingerprint density at radius 2 is 2.05 bits per heavy atom. The molecule has 0 atom stereocenters. The molecule has 5 heteroatoms. The van der Waals surface area contributed by atoms with E-state index in [4.69, 9.17) is 0 Å². The van der Waals surface area contributed by atoms with Crippen LogP contribution in [0.4, 0.5) is 0 Å². The zero-order chi connectivity index (χ0) is 13.7. The first-order valence-electron chi connectivity index (χ1n) is 5.97. The van der Waals surface area contributed by atoms with Crippen LogP contribution >= 0.6 is 15.9 Å². The molecule has 19 heavy (non-hydrogen) atoms. The predicted octanol–water partition coefficient (Wildman–Crippen LogP) is 3.32. The quantitative estimate of drug-likeness (QED) is 0.659. The maximum absolute atomic E-state index is 11.8. The van der Waals surface area contributed by atoms with Gasteiger partial charge >= 0.3 is 0 Å². The number of hydrogen-bond donors (Lipinski definition) is 2. The van der Waals surface area contributed by atoms with Gasteiger partial charge in [-0.2, -0.15) is 5.10 Å². The maximum atomic E-state index is 11.8. The van der Waals surface area contributed by atoms with Crippen molar-refractivity contribution in [2.45, 2.75) is 13.3 Å². The largest absolute Gasteiger partial charge is 0.357 e. The molecule has 0 spiro atoms. The van der Waals surface area contributed by atoms with Gasteiger partial charge in [-0.15, -0.1) is 0 Å². The molecule has 0 aliphatic carbocycles. The number of hydrazone groups is 1. The van der Waals surface area contributed by atoms with Crippen molar-refractivity contribution in [2.75, 3.05) is 0 Å². The molecule has 1 aromatic heterocycles. The van der Waals surface area contributed by atoms with Crippen molar-refractivity contribution in [1.29, 1.82) is 0 Å². The fraction of sp³-hybridized carbons (Fsp3) is 0.143. The van der Waals surface area contributed by atoms with Crippen molar-refractivity contribution >= 4 is 27.5 Å². The zero-order valence-corrected chi connectivity index (χ0v) is 12.1. The molecule has 0 saturated carbocycles. The SMILES string of the molecule is CC/C(=N/NC(=O)c1ccc[nH]1)c1ccc(Br)cc1. The smallest absolute Gasteiger partial charge is 0.287 e. The molecule has 98 valence electrons. The molecule has 1 heterocycles. The lowest BCUT2D eigenvalue weighted by Gasteiger charge is -2.05. The highest BCUT2D eigenvalue weighted by Crippen LogP contribution is 2.12. The van der Waals surface area contributed by atoms with E-state index in [-0.39, 0.29) is 5.91 Å². The second-order valence-electron chi connectivity index (χ2n) is 3.94. The third kappa shape index (κ3) is 3.54. The monoisotopic (exact) mass is 319 g/mol. The van der Waals surface area contributed by atoms with Gasteiger partial charge in [0.1, 0.15) is 5.69 Å². The number of carbonyl (C=O) groups is 1. The second-order valence-corrected chi connectivity index (χ2v) is 4.86. The van der Waals surface area contributed by atoms with Crippen LogP contribution < -0.4 is 5.43 Å². The zero-order valence-electron chi connectivity index (χ0n) is 10.5. The summed E-state index contributed by atoms with van der Waals surface area (Å²) in [6.45, 7) is 2.00. The van der Waals surface area contributed by atoms with E-state index in [1.807, 2.05) is 31.2 Å². The molecule has 1 aromatic carbocycles. The first kappa shape index (κ1) is 13.5. The fourth-order valence-electron chi connectivity index (χ4n) is 1.64. The molecule has 0 radical (unpaired) electrons. The van der Waals surface area contributed by atoms with E-state index in [0.29, 0.717) is 5.69 Å². The molecule has 2 N–H and O–H groups in total. The highest BCUT2D eigenvalue weighted by molar-refractivity contribution is 9.10. The predicted molar refractivity (Wildman–Crippen MR) is 79.2 cm³/mol. The highest BCUT2D eigenvalue weighted by Gasteiger charge is 2.06. The topological polar surface area (TPSA) is 57.2 Å². The summed E-state index contributed by atoms with van der Waals surface area (Å²) in [5.41, 5.74) is 4.89. The van der Waals surface area contributed by atoms with Gasteiger partial charge in [-0.25, -0.2) is 5.43 Å². The summed E-state index contributed by atoms with van der Waals surface area (Å²) in [5.74, 6) is -0.243. The van der Waals surface area contributed by atoms with Crippen LogP contribution in [0, 0.1) is 0 Å². The van der Waals surface area contributed by atoms with Crippen molar-refractivity contribution in [1.82, 2.24) is 10.4 Å². The summed E-state index contributed by atoms with van der Waals surface area (Å²) in [6, 6.07) is 11.3. The molecule has 0 bridgehead atoms. The number of carbonyl (C=O) groups excluding carboxylic acids is 1. The molecule has 0 saturated heterocycles. The molecular weight excluding hydrogens is 306 g/mol. The molecular formula is C14H14BrN3O. The van der Waals surface area contributed by atoms with E-state index >= 15 is 0 Å². The number of aromatic nitrogens is 1. The lowest BCUT2D eigenvalue weighted by molar-refractivity contribution is 0.0950. The average Bonchev–Trinajstić information content (AvgIpc) is 2.95. The maximum Gasteiger partial charge on any atom is 0.287 e.